The fraction of sp³-hybridized carbons (Fsp3) is 0.619. The number of nitrogens with one attached hydrogen (secondary N) is 1. The molecular weight excluding hydrogens is 411 g/mol. The first-order valence-electron chi connectivity index (χ1n) is 10.3. The lowest BCUT2D eigenvalue weighted by Gasteiger charge is -2.37. The zero-order chi connectivity index (χ0) is 21.0. The van der Waals surface area contributed by atoms with Crippen LogP contribution in [-0.2, 0) is 4.79 Å². The predicted octanol–water partition coefficient (Wildman–Crippen LogP) is 3.51. The molecule has 3 rings (SSSR count). The van der Waals surface area contributed by atoms with E-state index >= 15 is 0 Å². The van der Waals surface area contributed by atoms with E-state index in [0.29, 0.717) is 22.4 Å². The summed E-state index contributed by atoms with van der Waals surface area (Å²) >= 11 is 12.5. The standard InChI is InChI=1S/C21H30Cl2N4O2/c1-25(2)21(29)24-16-8-6-15(7-9-16)19(28)14-26-10-12-27(13-11-26)18-5-3-4-17(22)20(18)23/h3-5,15-16H,6-14H2,1-2H3,(H,24,29). The third kappa shape index (κ3) is 5.77. The summed E-state index contributed by atoms with van der Waals surface area (Å²) in [6.45, 7) is 3.84. The Labute approximate surface area is 183 Å². The fourth-order valence-corrected chi connectivity index (χ4v) is 4.51. The van der Waals surface area contributed by atoms with Gasteiger partial charge >= 0.3 is 6.03 Å². The molecule has 6 nitrogen and oxygen atoms in total. The van der Waals surface area contributed by atoms with E-state index in [1.807, 2.05) is 12.1 Å². The number of carbonyl (C=O) groups excluding carboxylic acids is 2. The van der Waals surface area contributed by atoms with Crippen LogP contribution in [0.3, 0.4) is 0 Å². The van der Waals surface area contributed by atoms with E-state index in [-0.39, 0.29) is 18.0 Å². The molecule has 1 aliphatic heterocycles. The number of urea groups is 1. The van der Waals surface area contributed by atoms with Crippen molar-refractivity contribution in [3.8, 4) is 0 Å². The van der Waals surface area contributed by atoms with Crippen molar-refractivity contribution in [3.63, 3.8) is 0 Å². The molecule has 1 aromatic carbocycles. The third-order valence-corrected chi connectivity index (χ3v) is 6.75. The average molecular weight is 441 g/mol. The topological polar surface area (TPSA) is 55.9 Å². The van der Waals surface area contributed by atoms with Crippen molar-refractivity contribution in [2.45, 2.75) is 31.7 Å². The molecule has 1 aromatic rings. The molecule has 1 saturated carbocycles. The second-order valence-corrected chi connectivity index (χ2v) is 8.98. The molecule has 8 heteroatoms. The van der Waals surface area contributed by atoms with Crippen LogP contribution in [-0.4, -0.2) is 74.5 Å². The minimum absolute atomic E-state index is 0.0579. The Morgan fingerprint density at radius 2 is 1.72 bits per heavy atom. The van der Waals surface area contributed by atoms with Gasteiger partial charge in [0.1, 0.15) is 5.78 Å². The van der Waals surface area contributed by atoms with Gasteiger partial charge in [-0.1, -0.05) is 29.3 Å². The van der Waals surface area contributed by atoms with Gasteiger partial charge in [-0.3, -0.25) is 9.69 Å². The number of rotatable bonds is 5. The van der Waals surface area contributed by atoms with Crippen molar-refractivity contribution >= 4 is 40.7 Å². The highest BCUT2D eigenvalue weighted by atomic mass is 35.5. The largest absolute Gasteiger partial charge is 0.368 e. The Morgan fingerprint density at radius 3 is 2.34 bits per heavy atom. The maximum Gasteiger partial charge on any atom is 0.317 e. The molecule has 0 unspecified atom stereocenters. The van der Waals surface area contributed by atoms with Gasteiger partial charge in [0.25, 0.3) is 0 Å². The molecule has 0 atom stereocenters. The van der Waals surface area contributed by atoms with Gasteiger partial charge in [-0.15, -0.1) is 0 Å². The second-order valence-electron chi connectivity index (χ2n) is 8.19. The van der Waals surface area contributed by atoms with Gasteiger partial charge in [0.15, 0.2) is 0 Å². The van der Waals surface area contributed by atoms with Gasteiger partial charge in [0.05, 0.1) is 22.3 Å². The summed E-state index contributed by atoms with van der Waals surface area (Å²) in [4.78, 5) is 30.6. The van der Waals surface area contributed by atoms with Crippen LogP contribution in [0, 0.1) is 5.92 Å². The van der Waals surface area contributed by atoms with E-state index in [0.717, 1.165) is 57.5 Å². The zero-order valence-electron chi connectivity index (χ0n) is 17.2. The highest BCUT2D eigenvalue weighted by Gasteiger charge is 2.29. The van der Waals surface area contributed by atoms with Gasteiger partial charge in [-0.2, -0.15) is 0 Å². The van der Waals surface area contributed by atoms with Crippen molar-refractivity contribution in [1.29, 1.82) is 0 Å². The Bertz CT molecular complexity index is 727. The number of amides is 2. The summed E-state index contributed by atoms with van der Waals surface area (Å²) in [6.07, 6.45) is 3.46. The zero-order valence-corrected chi connectivity index (χ0v) is 18.7. The number of carbonyl (C=O) groups is 2. The van der Waals surface area contributed by atoms with Crippen LogP contribution in [0.1, 0.15) is 25.7 Å². The molecule has 0 spiro atoms. The van der Waals surface area contributed by atoms with Crippen molar-refractivity contribution < 1.29 is 9.59 Å². The van der Waals surface area contributed by atoms with Crippen molar-refractivity contribution in [2.24, 2.45) is 5.92 Å². The summed E-state index contributed by atoms with van der Waals surface area (Å²) in [5, 5.41) is 4.19. The fourth-order valence-electron chi connectivity index (χ4n) is 4.10. The lowest BCUT2D eigenvalue weighted by atomic mass is 9.83. The summed E-state index contributed by atoms with van der Waals surface area (Å²) in [6, 6.07) is 5.82. The lowest BCUT2D eigenvalue weighted by Crippen LogP contribution is -2.49. The molecule has 1 saturated heterocycles. The van der Waals surface area contributed by atoms with E-state index in [2.05, 4.69) is 15.1 Å². The molecule has 2 fully saturated rings. The Hall–Kier alpha value is -1.50. The smallest absolute Gasteiger partial charge is 0.317 e. The van der Waals surface area contributed by atoms with Crippen LogP contribution in [0.4, 0.5) is 10.5 Å². The highest BCUT2D eigenvalue weighted by molar-refractivity contribution is 6.43. The summed E-state index contributed by atoms with van der Waals surface area (Å²) in [5.41, 5.74) is 0.961. The highest BCUT2D eigenvalue weighted by Crippen LogP contribution is 2.33. The summed E-state index contributed by atoms with van der Waals surface area (Å²) < 4.78 is 0. The van der Waals surface area contributed by atoms with Crippen LogP contribution < -0.4 is 10.2 Å². The molecule has 160 valence electrons. The van der Waals surface area contributed by atoms with E-state index in [4.69, 9.17) is 23.2 Å². The van der Waals surface area contributed by atoms with Crippen LogP contribution in [0.5, 0.6) is 0 Å². The number of ketones is 1. The van der Waals surface area contributed by atoms with Crippen LogP contribution in [0.25, 0.3) is 0 Å². The third-order valence-electron chi connectivity index (χ3n) is 5.94. The molecular formula is C21H30Cl2N4O2. The Morgan fingerprint density at radius 1 is 1.07 bits per heavy atom. The number of hydrogen-bond donors (Lipinski definition) is 1. The number of halogens is 2. The predicted molar refractivity (Wildman–Crippen MR) is 118 cm³/mol. The summed E-state index contributed by atoms with van der Waals surface area (Å²) in [7, 11) is 3.48. The Kier molecular flexibility index (Phi) is 7.66. The van der Waals surface area contributed by atoms with Gasteiger partial charge in [0, 0.05) is 52.2 Å². The maximum atomic E-state index is 12.8. The van der Waals surface area contributed by atoms with Gasteiger partial charge in [-0.05, 0) is 37.8 Å². The van der Waals surface area contributed by atoms with Crippen molar-refractivity contribution in [1.82, 2.24) is 15.1 Å². The van der Waals surface area contributed by atoms with Crippen molar-refractivity contribution in [2.75, 3.05) is 51.7 Å². The molecule has 1 N–H and O–H groups in total. The molecule has 29 heavy (non-hydrogen) atoms. The first kappa shape index (κ1) is 22.2. The number of Topliss-reactive ketones (excluding diaryl/α,β-unsaturated/α-hetero) is 1. The number of piperazine rings is 1. The molecule has 0 radical (unpaired) electrons. The SMILES string of the molecule is CN(C)C(=O)NC1CCC(C(=O)CN2CCN(c3cccc(Cl)c3Cl)CC2)CC1. The average Bonchev–Trinajstić information content (AvgIpc) is 2.71. The monoisotopic (exact) mass is 440 g/mol. The van der Waals surface area contributed by atoms with Gasteiger partial charge in [0.2, 0.25) is 0 Å². The minimum atomic E-state index is -0.0579. The number of nitrogens with zero attached hydrogens (tertiary/aromatic N) is 3. The van der Waals surface area contributed by atoms with Crippen molar-refractivity contribution in [3.05, 3.63) is 28.2 Å². The first-order valence-corrected chi connectivity index (χ1v) is 11.0. The van der Waals surface area contributed by atoms with E-state index in [9.17, 15) is 9.59 Å². The number of anilines is 1. The Balaban J connectivity index is 1.42. The molecule has 1 aliphatic carbocycles. The minimum Gasteiger partial charge on any atom is -0.368 e. The summed E-state index contributed by atoms with van der Waals surface area (Å²) in [5.74, 6) is 0.444. The van der Waals surface area contributed by atoms with Crippen LogP contribution in [0.2, 0.25) is 10.0 Å². The van der Waals surface area contributed by atoms with Gasteiger partial charge < -0.3 is 15.1 Å². The second kappa shape index (κ2) is 10.0. The van der Waals surface area contributed by atoms with E-state index in [1.54, 1.807) is 25.1 Å². The normalized spacial score (nSPS) is 23.0. The van der Waals surface area contributed by atoms with Gasteiger partial charge in [-0.25, -0.2) is 4.79 Å². The van der Waals surface area contributed by atoms with E-state index in [1.165, 1.54) is 0 Å². The molecule has 0 bridgehead atoms. The number of hydrogen-bond acceptors (Lipinski definition) is 4. The van der Waals surface area contributed by atoms with Crippen LogP contribution in [0.15, 0.2) is 18.2 Å². The van der Waals surface area contributed by atoms with Crippen LogP contribution >= 0.6 is 23.2 Å². The molecule has 2 amide bonds. The molecule has 0 aromatic heterocycles. The molecule has 1 heterocycles. The maximum absolute atomic E-state index is 12.8. The van der Waals surface area contributed by atoms with E-state index < -0.39 is 0 Å². The lowest BCUT2D eigenvalue weighted by molar-refractivity contribution is -0.125. The first-order chi connectivity index (χ1) is 13.8. The number of benzene rings is 1. The molecule has 2 aliphatic rings. The quantitative estimate of drug-likeness (QED) is 0.760.